The number of aliphatic carboxylic acids is 1. The zero-order chi connectivity index (χ0) is 26.1. The van der Waals surface area contributed by atoms with Crippen LogP contribution in [0.25, 0.3) is 0 Å². The van der Waals surface area contributed by atoms with Gasteiger partial charge in [0.25, 0.3) is 0 Å². The maximum absolute atomic E-state index is 13.9. The summed E-state index contributed by atoms with van der Waals surface area (Å²) in [5, 5.41) is 15.3. The molecule has 0 saturated carbocycles. The molecule has 2 bridgehead atoms. The Bertz CT molecular complexity index is 1240. The van der Waals surface area contributed by atoms with Crippen LogP contribution in [0.15, 0.2) is 46.0 Å². The Kier molecular flexibility index (Phi) is 7.85. The van der Waals surface area contributed by atoms with Crippen molar-refractivity contribution >= 4 is 52.5 Å². The van der Waals surface area contributed by atoms with Crippen LogP contribution in [0.2, 0.25) is 5.02 Å². The van der Waals surface area contributed by atoms with Crippen molar-refractivity contribution in [2.45, 2.75) is 37.4 Å². The molecule has 0 amide bonds. The van der Waals surface area contributed by atoms with E-state index in [4.69, 9.17) is 21.3 Å². The van der Waals surface area contributed by atoms with Crippen LogP contribution in [-0.4, -0.2) is 70.0 Å². The quantitative estimate of drug-likeness (QED) is 0.484. The Morgan fingerprint density at radius 2 is 2.05 bits per heavy atom. The molecule has 2 fully saturated rings. The van der Waals surface area contributed by atoms with Crippen molar-refractivity contribution in [1.82, 2.24) is 15.2 Å². The average Bonchev–Trinajstić information content (AvgIpc) is 3.38. The number of benzene rings is 1. The first-order chi connectivity index (χ1) is 17.8. The Hall–Kier alpha value is -2.47. The van der Waals surface area contributed by atoms with Gasteiger partial charge < -0.3 is 15.2 Å². The van der Waals surface area contributed by atoms with Crippen molar-refractivity contribution in [3.8, 4) is 0 Å². The van der Waals surface area contributed by atoms with Gasteiger partial charge >= 0.3 is 11.9 Å². The molecule has 2 aromatic rings. The number of carbonyl (C=O) groups is 2. The molecule has 0 spiro atoms. The summed E-state index contributed by atoms with van der Waals surface area (Å²) in [5.41, 5.74) is 1.44. The number of methoxy groups -OCH3 is 1. The van der Waals surface area contributed by atoms with Gasteiger partial charge in [-0.25, -0.2) is 14.2 Å². The SMILES string of the molecule is COC(=O)C1=C(CN2C3CSCC2CC(CC(=O)O)C3)NC(c2nccs2)=NC1c1ccc(F)cc1Cl. The fraction of sp³-hybridized carbons (Fsp3) is 0.440. The van der Waals surface area contributed by atoms with Gasteiger partial charge in [0.1, 0.15) is 11.9 Å². The number of carboxylic acids is 1. The third-order valence-electron chi connectivity index (χ3n) is 7.00. The molecule has 1 aromatic heterocycles. The highest BCUT2D eigenvalue weighted by Crippen LogP contribution is 2.40. The number of thiazole rings is 1. The molecule has 3 aliphatic rings. The van der Waals surface area contributed by atoms with Gasteiger partial charge in [-0.15, -0.1) is 11.3 Å². The number of ether oxygens (including phenoxy) is 1. The Balaban J connectivity index is 1.55. The Morgan fingerprint density at radius 1 is 1.30 bits per heavy atom. The summed E-state index contributed by atoms with van der Waals surface area (Å²) in [6.07, 6.45) is 3.43. The molecule has 5 rings (SSSR count). The van der Waals surface area contributed by atoms with Crippen LogP contribution in [-0.2, 0) is 14.3 Å². The van der Waals surface area contributed by atoms with Crippen molar-refractivity contribution < 1.29 is 23.8 Å². The predicted octanol–water partition coefficient (Wildman–Crippen LogP) is 4.12. The monoisotopic (exact) mass is 564 g/mol. The highest BCUT2D eigenvalue weighted by molar-refractivity contribution is 7.99. The lowest BCUT2D eigenvalue weighted by atomic mass is 9.84. The zero-order valence-corrected chi connectivity index (χ0v) is 22.4. The van der Waals surface area contributed by atoms with E-state index in [9.17, 15) is 19.1 Å². The zero-order valence-electron chi connectivity index (χ0n) is 20.0. The third kappa shape index (κ3) is 5.55. The van der Waals surface area contributed by atoms with Crippen LogP contribution in [0, 0.1) is 11.7 Å². The van der Waals surface area contributed by atoms with E-state index in [1.165, 1.54) is 30.6 Å². The predicted molar refractivity (Wildman–Crippen MR) is 142 cm³/mol. The molecular formula is C25H26ClFN4O4S2. The third-order valence-corrected chi connectivity index (χ3v) is 9.34. The lowest BCUT2D eigenvalue weighted by Crippen LogP contribution is -2.56. The highest BCUT2D eigenvalue weighted by atomic mass is 35.5. The number of carbonyl (C=O) groups excluding carboxylic acids is 1. The molecule has 2 N–H and O–H groups in total. The molecular weight excluding hydrogens is 539 g/mol. The van der Waals surface area contributed by atoms with Gasteiger partial charge in [-0.1, -0.05) is 17.7 Å². The van der Waals surface area contributed by atoms with Crippen LogP contribution < -0.4 is 5.32 Å². The van der Waals surface area contributed by atoms with Crippen LogP contribution in [0.5, 0.6) is 0 Å². The Labute approximate surface area is 227 Å². The molecule has 196 valence electrons. The largest absolute Gasteiger partial charge is 0.481 e. The number of carboxylic acid groups (broad SMARTS) is 1. The summed E-state index contributed by atoms with van der Waals surface area (Å²) in [4.78, 5) is 36.1. The second kappa shape index (κ2) is 11.1. The fourth-order valence-corrected chi connectivity index (χ4v) is 7.62. The molecule has 12 heteroatoms. The number of fused-ring (bicyclic) bond motifs is 2. The van der Waals surface area contributed by atoms with Gasteiger partial charge in [-0.05, 0) is 30.9 Å². The van der Waals surface area contributed by atoms with E-state index in [1.54, 1.807) is 12.3 Å². The number of nitrogens with zero attached hydrogens (tertiary/aromatic N) is 3. The number of rotatable bonds is 7. The first-order valence-electron chi connectivity index (χ1n) is 11.9. The van der Waals surface area contributed by atoms with Crippen molar-refractivity contribution in [1.29, 1.82) is 0 Å². The van der Waals surface area contributed by atoms with Crippen LogP contribution >= 0.6 is 34.7 Å². The van der Waals surface area contributed by atoms with E-state index < -0.39 is 23.8 Å². The summed E-state index contributed by atoms with van der Waals surface area (Å²) in [6.45, 7) is 0.430. The summed E-state index contributed by atoms with van der Waals surface area (Å²) in [7, 11) is 1.32. The molecule has 3 unspecified atom stereocenters. The second-order valence-electron chi connectivity index (χ2n) is 9.34. The lowest BCUT2D eigenvalue weighted by Gasteiger charge is -2.49. The molecule has 8 nitrogen and oxygen atoms in total. The van der Waals surface area contributed by atoms with Gasteiger partial charge in [0.05, 0.1) is 12.7 Å². The fourth-order valence-electron chi connectivity index (χ4n) is 5.42. The van der Waals surface area contributed by atoms with Gasteiger partial charge in [0, 0.05) is 64.4 Å². The Morgan fingerprint density at radius 3 is 2.68 bits per heavy atom. The molecule has 1 aromatic carbocycles. The van der Waals surface area contributed by atoms with E-state index in [2.05, 4.69) is 15.2 Å². The maximum atomic E-state index is 13.9. The molecule has 0 aliphatic carbocycles. The standard InChI is InChI=1S/C25H26ClFN4O4S2/c1-35-25(34)21-19(10-31-15-6-13(8-20(32)33)7-16(31)12-36-11-15)29-23(24-28-4-5-37-24)30-22(21)17-3-2-14(27)9-18(17)26/h2-5,9,13,15-16,22H,6-8,10-12H2,1H3,(H,29,30)(H,32,33). The van der Waals surface area contributed by atoms with Crippen molar-refractivity contribution in [2.24, 2.45) is 10.9 Å². The number of piperidine rings is 1. The summed E-state index contributed by atoms with van der Waals surface area (Å²) in [6, 6.07) is 3.61. The molecule has 3 atom stereocenters. The van der Waals surface area contributed by atoms with E-state index in [0.29, 0.717) is 34.2 Å². The number of hydrogen-bond donors (Lipinski definition) is 2. The maximum Gasteiger partial charge on any atom is 0.338 e. The van der Waals surface area contributed by atoms with E-state index in [0.717, 1.165) is 24.3 Å². The normalized spacial score (nSPS) is 25.9. The van der Waals surface area contributed by atoms with E-state index >= 15 is 0 Å². The number of aromatic nitrogens is 1. The minimum Gasteiger partial charge on any atom is -0.481 e. The number of nitrogens with one attached hydrogen (secondary N) is 1. The topological polar surface area (TPSA) is 104 Å². The van der Waals surface area contributed by atoms with E-state index in [1.807, 2.05) is 17.1 Å². The first kappa shape index (κ1) is 26.1. The molecule has 0 radical (unpaired) electrons. The van der Waals surface area contributed by atoms with Crippen molar-refractivity contribution in [3.63, 3.8) is 0 Å². The second-order valence-corrected chi connectivity index (χ2v) is 11.7. The van der Waals surface area contributed by atoms with Gasteiger partial charge in [-0.2, -0.15) is 11.8 Å². The minimum absolute atomic E-state index is 0.135. The van der Waals surface area contributed by atoms with Crippen LogP contribution in [0.4, 0.5) is 4.39 Å². The molecule has 2 saturated heterocycles. The smallest absolute Gasteiger partial charge is 0.338 e. The van der Waals surface area contributed by atoms with E-state index in [-0.39, 0.29) is 29.4 Å². The molecule has 3 aliphatic heterocycles. The lowest BCUT2D eigenvalue weighted by molar-refractivity contribution is -0.139. The number of hydrogen-bond acceptors (Lipinski definition) is 9. The van der Waals surface area contributed by atoms with Crippen molar-refractivity contribution in [2.75, 3.05) is 25.2 Å². The summed E-state index contributed by atoms with van der Waals surface area (Å²) in [5.74, 6) is 0.638. The number of thioether (sulfide) groups is 1. The van der Waals surface area contributed by atoms with Crippen LogP contribution in [0.3, 0.4) is 0 Å². The average molecular weight is 565 g/mol. The van der Waals surface area contributed by atoms with Gasteiger partial charge in [-0.3, -0.25) is 14.7 Å². The molecule has 4 heterocycles. The number of aliphatic imine (C=N–C) groups is 1. The number of esters is 1. The molecule has 37 heavy (non-hydrogen) atoms. The minimum atomic E-state index is -0.811. The van der Waals surface area contributed by atoms with Crippen molar-refractivity contribution in [3.05, 3.63) is 62.5 Å². The first-order valence-corrected chi connectivity index (χ1v) is 14.3. The summed E-state index contributed by atoms with van der Waals surface area (Å²) >= 11 is 9.74. The highest BCUT2D eigenvalue weighted by Gasteiger charge is 2.41. The number of amidine groups is 1. The number of halogens is 2. The van der Waals surface area contributed by atoms with Gasteiger partial charge in [0.15, 0.2) is 10.8 Å². The van der Waals surface area contributed by atoms with Crippen LogP contribution in [0.1, 0.15) is 35.9 Å². The van der Waals surface area contributed by atoms with Gasteiger partial charge in [0.2, 0.25) is 0 Å². The summed E-state index contributed by atoms with van der Waals surface area (Å²) < 4.78 is 19.1.